The number of hydrogen-bond acceptors (Lipinski definition) is 10. The Kier molecular flexibility index (Phi) is 6.72. The molecular weight excluding hydrogens is 574 g/mol. The monoisotopic (exact) mass is 593 g/mol. The average Bonchev–Trinajstić information content (AvgIpc) is 3.67. The summed E-state index contributed by atoms with van der Waals surface area (Å²) in [5.74, 6) is 1.03. The minimum atomic E-state index is -0.828. The summed E-state index contributed by atoms with van der Waals surface area (Å²) >= 11 is 7.06. The number of rotatable bonds is 6. The predicted molar refractivity (Wildman–Crippen MR) is 149 cm³/mol. The number of fused-ring (bicyclic) bond motifs is 2. The van der Waals surface area contributed by atoms with E-state index >= 15 is 0 Å². The number of esters is 1. The second kappa shape index (κ2) is 10.4. The first-order chi connectivity index (χ1) is 19.7. The summed E-state index contributed by atoms with van der Waals surface area (Å²) in [5.41, 5.74) is 0.923. The van der Waals surface area contributed by atoms with Gasteiger partial charge in [0.2, 0.25) is 6.79 Å². The van der Waals surface area contributed by atoms with Crippen LogP contribution in [0.3, 0.4) is 0 Å². The maximum absolute atomic E-state index is 13.8. The van der Waals surface area contributed by atoms with Gasteiger partial charge in [-0.2, -0.15) is 0 Å². The van der Waals surface area contributed by atoms with Crippen LogP contribution < -0.4 is 24.4 Å². The average molecular weight is 594 g/mol. The Balaban J connectivity index is 1.47. The molecule has 0 amide bonds. The van der Waals surface area contributed by atoms with Crippen LogP contribution in [-0.2, 0) is 9.53 Å². The van der Waals surface area contributed by atoms with Crippen LogP contribution >= 0.6 is 22.9 Å². The fourth-order valence-electron chi connectivity index (χ4n) is 4.76. The first kappa shape index (κ1) is 26.5. The number of hydrogen-bond donors (Lipinski definition) is 0. The van der Waals surface area contributed by atoms with Crippen LogP contribution in [0.2, 0.25) is 5.02 Å². The van der Waals surface area contributed by atoms with Crippen molar-refractivity contribution in [2.24, 2.45) is 4.99 Å². The Morgan fingerprint density at radius 1 is 1.22 bits per heavy atom. The SMILES string of the molecule is CCOC(=O)C1=C(C)N=c2s/c(=C/c3ccc(-c4ccc(Cl)cc4[N+](=O)[O-])o3)c(=O)n2[C@@H]1c1ccc2c(c1)OCO2. The van der Waals surface area contributed by atoms with Crippen molar-refractivity contribution in [1.29, 1.82) is 0 Å². The van der Waals surface area contributed by atoms with E-state index in [9.17, 15) is 19.7 Å². The number of halogens is 1. The predicted octanol–water partition coefficient (Wildman–Crippen LogP) is 4.35. The molecule has 0 saturated carbocycles. The summed E-state index contributed by atoms with van der Waals surface area (Å²) in [7, 11) is 0. The number of aromatic nitrogens is 1. The van der Waals surface area contributed by atoms with Gasteiger partial charge in [0.25, 0.3) is 11.2 Å². The number of ether oxygens (including phenoxy) is 3. The van der Waals surface area contributed by atoms with E-state index in [-0.39, 0.29) is 41.0 Å². The molecule has 0 bridgehead atoms. The van der Waals surface area contributed by atoms with Gasteiger partial charge in [0.1, 0.15) is 11.5 Å². The van der Waals surface area contributed by atoms with Gasteiger partial charge in [-0.1, -0.05) is 29.0 Å². The number of nitro groups is 1. The minimum absolute atomic E-state index is 0.0749. The number of nitrogens with zero attached hydrogens (tertiary/aromatic N) is 3. The van der Waals surface area contributed by atoms with E-state index in [1.165, 1.54) is 28.8 Å². The van der Waals surface area contributed by atoms with Crippen LogP contribution in [0.5, 0.6) is 11.5 Å². The minimum Gasteiger partial charge on any atom is -0.463 e. The number of furan rings is 1. The van der Waals surface area contributed by atoms with Crippen molar-refractivity contribution in [1.82, 2.24) is 4.57 Å². The van der Waals surface area contributed by atoms with Crippen molar-refractivity contribution in [3.05, 3.63) is 106 Å². The van der Waals surface area contributed by atoms with Crippen LogP contribution in [0.1, 0.15) is 31.2 Å². The van der Waals surface area contributed by atoms with Gasteiger partial charge in [-0.05, 0) is 55.8 Å². The molecule has 0 radical (unpaired) electrons. The van der Waals surface area contributed by atoms with Crippen LogP contribution in [0.25, 0.3) is 17.4 Å². The van der Waals surface area contributed by atoms with E-state index in [0.717, 1.165) is 11.3 Å². The Morgan fingerprint density at radius 2 is 2.02 bits per heavy atom. The normalized spacial score (nSPS) is 16.0. The number of carbonyl (C=O) groups is 1. The van der Waals surface area contributed by atoms with Crippen LogP contribution in [0.4, 0.5) is 5.69 Å². The molecule has 2 aromatic heterocycles. The lowest BCUT2D eigenvalue weighted by atomic mass is 9.95. The highest BCUT2D eigenvalue weighted by molar-refractivity contribution is 7.07. The topological polar surface area (TPSA) is 135 Å². The number of allylic oxidation sites excluding steroid dienone is 1. The second-order valence-corrected chi connectivity index (χ2v) is 10.5. The molecule has 0 spiro atoms. The van der Waals surface area contributed by atoms with Gasteiger partial charge < -0.3 is 18.6 Å². The number of nitro benzene ring substituents is 1. The third kappa shape index (κ3) is 4.70. The number of thiazole rings is 1. The van der Waals surface area contributed by atoms with E-state index in [4.69, 9.17) is 30.2 Å². The summed E-state index contributed by atoms with van der Waals surface area (Å²) in [6.07, 6.45) is 1.54. The molecule has 0 N–H and O–H groups in total. The maximum Gasteiger partial charge on any atom is 0.338 e. The van der Waals surface area contributed by atoms with E-state index in [1.54, 1.807) is 44.2 Å². The molecule has 6 rings (SSSR count). The molecule has 0 saturated heterocycles. The first-order valence-electron chi connectivity index (χ1n) is 12.4. The molecule has 1 atom stereocenters. The smallest absolute Gasteiger partial charge is 0.338 e. The highest BCUT2D eigenvalue weighted by Gasteiger charge is 2.34. The van der Waals surface area contributed by atoms with Crippen molar-refractivity contribution in [3.8, 4) is 22.8 Å². The lowest BCUT2D eigenvalue weighted by Crippen LogP contribution is -2.39. The van der Waals surface area contributed by atoms with Gasteiger partial charge in [-0.25, -0.2) is 9.79 Å². The van der Waals surface area contributed by atoms with Crippen molar-refractivity contribution in [2.45, 2.75) is 19.9 Å². The zero-order chi connectivity index (χ0) is 28.8. The Bertz CT molecular complexity index is 1950. The Labute approximate surface area is 240 Å². The molecule has 208 valence electrons. The molecule has 0 aliphatic carbocycles. The highest BCUT2D eigenvalue weighted by Crippen LogP contribution is 2.38. The second-order valence-electron chi connectivity index (χ2n) is 9.04. The molecule has 4 aromatic rings. The molecule has 4 heterocycles. The highest BCUT2D eigenvalue weighted by atomic mass is 35.5. The van der Waals surface area contributed by atoms with Gasteiger partial charge in [0, 0.05) is 17.2 Å². The van der Waals surface area contributed by atoms with Gasteiger partial charge in [-0.15, -0.1) is 0 Å². The lowest BCUT2D eigenvalue weighted by Gasteiger charge is -2.24. The van der Waals surface area contributed by atoms with Crippen LogP contribution in [0, 0.1) is 10.1 Å². The number of carbonyl (C=O) groups excluding carboxylic acids is 1. The van der Waals surface area contributed by atoms with Crippen molar-refractivity contribution >= 4 is 40.7 Å². The fourth-order valence-corrected chi connectivity index (χ4v) is 5.95. The summed E-state index contributed by atoms with van der Waals surface area (Å²) < 4.78 is 23.9. The standard InChI is InChI=1S/C28H20ClN3O8S/c1-3-37-27(34)24-14(2)30-28-31(25(24)15-4-8-21-22(10-15)39-13-38-21)26(33)23(41-28)12-17-6-9-20(40-17)18-7-5-16(29)11-19(18)32(35)36/h4-12,25H,3,13H2,1-2H3/b23-12+/t25-/m1/s1. The Hall–Kier alpha value is -4.68. The van der Waals surface area contributed by atoms with Gasteiger partial charge in [0.15, 0.2) is 16.3 Å². The lowest BCUT2D eigenvalue weighted by molar-refractivity contribution is -0.384. The van der Waals surface area contributed by atoms with Crippen molar-refractivity contribution in [2.75, 3.05) is 13.4 Å². The zero-order valence-corrected chi connectivity index (χ0v) is 23.2. The maximum atomic E-state index is 13.8. The van der Waals surface area contributed by atoms with E-state index < -0.39 is 22.5 Å². The molecule has 11 nitrogen and oxygen atoms in total. The molecule has 0 unspecified atom stereocenters. The number of benzene rings is 2. The van der Waals surface area contributed by atoms with Crippen LogP contribution in [-0.4, -0.2) is 28.9 Å². The molecule has 41 heavy (non-hydrogen) atoms. The third-order valence-electron chi connectivity index (χ3n) is 6.55. The fraction of sp³-hybridized carbons (Fsp3) is 0.179. The first-order valence-corrected chi connectivity index (χ1v) is 13.6. The molecule has 2 aliphatic rings. The summed E-state index contributed by atoms with van der Waals surface area (Å²) in [4.78, 5) is 42.9. The molecule has 2 aromatic carbocycles. The zero-order valence-electron chi connectivity index (χ0n) is 21.6. The Morgan fingerprint density at radius 3 is 2.80 bits per heavy atom. The summed E-state index contributed by atoms with van der Waals surface area (Å²) in [6.45, 7) is 3.63. The van der Waals surface area contributed by atoms with E-state index in [0.29, 0.717) is 37.9 Å². The van der Waals surface area contributed by atoms with Crippen molar-refractivity contribution in [3.63, 3.8) is 0 Å². The quantitative estimate of drug-likeness (QED) is 0.183. The molecular formula is C28H20ClN3O8S. The summed E-state index contributed by atoms with van der Waals surface area (Å²) in [5, 5.41) is 11.8. The molecule has 13 heteroatoms. The molecule has 2 aliphatic heterocycles. The van der Waals surface area contributed by atoms with Crippen molar-refractivity contribution < 1.29 is 28.3 Å². The summed E-state index contributed by atoms with van der Waals surface area (Å²) in [6, 6.07) is 11.9. The largest absolute Gasteiger partial charge is 0.463 e. The van der Waals surface area contributed by atoms with Gasteiger partial charge in [0.05, 0.1) is 38.9 Å². The van der Waals surface area contributed by atoms with Crippen LogP contribution in [0.15, 0.2) is 74.0 Å². The van der Waals surface area contributed by atoms with Gasteiger partial charge >= 0.3 is 5.97 Å². The van der Waals surface area contributed by atoms with Gasteiger partial charge in [-0.3, -0.25) is 19.5 Å². The van der Waals surface area contributed by atoms with E-state index in [1.807, 2.05) is 0 Å². The molecule has 0 fully saturated rings. The van der Waals surface area contributed by atoms with E-state index in [2.05, 4.69) is 4.99 Å². The third-order valence-corrected chi connectivity index (χ3v) is 7.77.